The van der Waals surface area contributed by atoms with E-state index in [0.717, 1.165) is 30.7 Å². The van der Waals surface area contributed by atoms with E-state index in [-0.39, 0.29) is 12.1 Å². The molecule has 2 N–H and O–H groups in total. The van der Waals surface area contributed by atoms with Crippen LogP contribution < -0.4 is 10.7 Å². The van der Waals surface area contributed by atoms with E-state index >= 15 is 0 Å². The molecular formula is C16H21N5O2. The van der Waals surface area contributed by atoms with Crippen molar-refractivity contribution in [1.82, 2.24) is 19.9 Å². The average Bonchev–Trinajstić information content (AvgIpc) is 3.20. The van der Waals surface area contributed by atoms with E-state index in [1.807, 2.05) is 24.3 Å². The monoisotopic (exact) mass is 315 g/mol. The first kappa shape index (κ1) is 14.5. The fourth-order valence-corrected chi connectivity index (χ4v) is 3.41. The van der Waals surface area contributed by atoms with Gasteiger partial charge in [0.2, 0.25) is 0 Å². The van der Waals surface area contributed by atoms with Crippen LogP contribution in [-0.2, 0) is 4.74 Å². The maximum atomic E-state index is 12.1. The summed E-state index contributed by atoms with van der Waals surface area (Å²) in [5, 5.41) is 2.88. The molecule has 122 valence electrons. The molecule has 2 amide bonds. The highest BCUT2D eigenvalue weighted by Gasteiger charge is 2.32. The molecule has 0 saturated carbocycles. The zero-order valence-corrected chi connectivity index (χ0v) is 12.9. The number of carbonyl (C=O) groups excluding carboxylic acids is 1. The molecule has 2 aromatic rings. The Balaban J connectivity index is 1.30. The van der Waals surface area contributed by atoms with Crippen LogP contribution in [0.15, 0.2) is 30.6 Å². The number of hydrogen-bond donors (Lipinski definition) is 2. The lowest BCUT2D eigenvalue weighted by atomic mass is 10.2. The smallest absolute Gasteiger partial charge is 0.334 e. The number of rotatable bonds is 3. The van der Waals surface area contributed by atoms with Crippen LogP contribution in [0.5, 0.6) is 0 Å². The van der Waals surface area contributed by atoms with Gasteiger partial charge in [0.25, 0.3) is 0 Å². The van der Waals surface area contributed by atoms with Crippen molar-refractivity contribution in [1.29, 1.82) is 0 Å². The van der Waals surface area contributed by atoms with Crippen LogP contribution in [0.4, 0.5) is 4.79 Å². The minimum absolute atomic E-state index is 0.0645. The van der Waals surface area contributed by atoms with Gasteiger partial charge in [-0.2, -0.15) is 0 Å². The average molecular weight is 315 g/mol. The summed E-state index contributed by atoms with van der Waals surface area (Å²) in [6.45, 7) is 3.35. The van der Waals surface area contributed by atoms with Crippen LogP contribution in [0.25, 0.3) is 11.0 Å². The van der Waals surface area contributed by atoms with Gasteiger partial charge in [-0.15, -0.1) is 0 Å². The molecule has 2 saturated heterocycles. The second-order valence-corrected chi connectivity index (χ2v) is 6.17. The Bertz CT molecular complexity index is 701. The van der Waals surface area contributed by atoms with Gasteiger partial charge in [0.1, 0.15) is 6.33 Å². The highest BCUT2D eigenvalue weighted by molar-refractivity contribution is 5.85. The Hall–Kier alpha value is -2.12. The molecule has 1 aromatic heterocycles. The van der Waals surface area contributed by atoms with E-state index in [2.05, 4.69) is 20.6 Å². The molecule has 4 rings (SSSR count). The van der Waals surface area contributed by atoms with Crippen molar-refractivity contribution in [2.45, 2.75) is 25.0 Å². The summed E-state index contributed by atoms with van der Waals surface area (Å²) in [6.07, 6.45) is 4.15. The number of imidazole rings is 1. The first-order valence-electron chi connectivity index (χ1n) is 8.12. The molecule has 7 nitrogen and oxygen atoms in total. The van der Waals surface area contributed by atoms with Crippen molar-refractivity contribution in [2.24, 2.45) is 0 Å². The molecular weight excluding hydrogens is 294 g/mol. The second kappa shape index (κ2) is 6.17. The molecule has 0 spiro atoms. The largest absolute Gasteiger partial charge is 0.373 e. The summed E-state index contributed by atoms with van der Waals surface area (Å²) in [6, 6.07) is 8.00. The van der Waals surface area contributed by atoms with Crippen molar-refractivity contribution in [2.75, 3.05) is 31.7 Å². The third kappa shape index (κ3) is 3.02. The molecule has 2 aliphatic rings. The summed E-state index contributed by atoms with van der Waals surface area (Å²) in [5.74, 6) is 0. The Morgan fingerprint density at radius 1 is 1.39 bits per heavy atom. The van der Waals surface area contributed by atoms with Gasteiger partial charge in [0.15, 0.2) is 0 Å². The quantitative estimate of drug-likeness (QED) is 0.891. The van der Waals surface area contributed by atoms with Crippen LogP contribution in [0.2, 0.25) is 0 Å². The third-order valence-electron chi connectivity index (χ3n) is 4.63. The van der Waals surface area contributed by atoms with Crippen LogP contribution in [-0.4, -0.2) is 59.0 Å². The SMILES string of the molecule is O=C(NC[C@@H]1CN2CCC[C@H]2CO1)Nn1cnc2ccccc21. The van der Waals surface area contributed by atoms with Crippen LogP contribution in [0.3, 0.4) is 0 Å². The number of urea groups is 1. The lowest BCUT2D eigenvalue weighted by molar-refractivity contribution is -0.0456. The minimum Gasteiger partial charge on any atom is -0.373 e. The molecule has 0 aliphatic carbocycles. The first-order valence-corrected chi connectivity index (χ1v) is 8.12. The Morgan fingerprint density at radius 2 is 2.30 bits per heavy atom. The molecule has 7 heteroatoms. The van der Waals surface area contributed by atoms with Crippen molar-refractivity contribution >= 4 is 17.1 Å². The van der Waals surface area contributed by atoms with Gasteiger partial charge in [0.05, 0.1) is 23.7 Å². The number of morpholine rings is 1. The standard InChI is InChI=1S/C16H21N5O2/c22-16(19-21-11-18-14-5-1-2-6-15(14)21)17-8-13-9-20-7-3-4-12(20)10-23-13/h1-2,5-6,11-13H,3-4,7-10H2,(H2,17,19,22)/t12-,13+/m0/s1. The molecule has 1 aromatic carbocycles. The van der Waals surface area contributed by atoms with Crippen molar-refractivity contribution in [3.05, 3.63) is 30.6 Å². The molecule has 2 atom stereocenters. The molecule has 23 heavy (non-hydrogen) atoms. The molecule has 2 aliphatic heterocycles. The van der Waals surface area contributed by atoms with E-state index in [1.165, 1.54) is 12.8 Å². The molecule has 0 bridgehead atoms. The zero-order valence-electron chi connectivity index (χ0n) is 12.9. The highest BCUT2D eigenvalue weighted by atomic mass is 16.5. The van der Waals surface area contributed by atoms with Gasteiger partial charge < -0.3 is 10.1 Å². The number of para-hydroxylation sites is 2. The first-order chi connectivity index (χ1) is 11.3. The summed E-state index contributed by atoms with van der Waals surface area (Å²) >= 11 is 0. The third-order valence-corrected chi connectivity index (χ3v) is 4.63. The van der Waals surface area contributed by atoms with Crippen molar-refractivity contribution in [3.63, 3.8) is 0 Å². The van der Waals surface area contributed by atoms with E-state index in [9.17, 15) is 4.79 Å². The van der Waals surface area contributed by atoms with Gasteiger partial charge in [-0.3, -0.25) is 4.90 Å². The molecule has 0 radical (unpaired) electrons. The Labute approximate surface area is 134 Å². The van der Waals surface area contributed by atoms with Gasteiger partial charge in [0, 0.05) is 19.1 Å². The summed E-state index contributed by atoms with van der Waals surface area (Å²) in [7, 11) is 0. The van der Waals surface area contributed by atoms with E-state index in [0.29, 0.717) is 12.6 Å². The zero-order chi connectivity index (χ0) is 15.6. The Morgan fingerprint density at radius 3 is 3.26 bits per heavy atom. The summed E-state index contributed by atoms with van der Waals surface area (Å²) < 4.78 is 7.47. The maximum Gasteiger partial charge on any atom is 0.334 e. The van der Waals surface area contributed by atoms with Crippen LogP contribution in [0, 0.1) is 0 Å². The summed E-state index contributed by atoms with van der Waals surface area (Å²) in [4.78, 5) is 18.8. The van der Waals surface area contributed by atoms with Gasteiger partial charge >= 0.3 is 6.03 Å². The van der Waals surface area contributed by atoms with E-state index < -0.39 is 0 Å². The van der Waals surface area contributed by atoms with E-state index in [4.69, 9.17) is 4.74 Å². The van der Waals surface area contributed by atoms with Gasteiger partial charge in [-0.1, -0.05) is 12.1 Å². The number of ether oxygens (including phenoxy) is 1. The fourth-order valence-electron chi connectivity index (χ4n) is 3.41. The lowest BCUT2D eigenvalue weighted by Crippen LogP contribution is -2.50. The predicted molar refractivity (Wildman–Crippen MR) is 86.8 cm³/mol. The topological polar surface area (TPSA) is 71.4 Å². The number of nitrogens with one attached hydrogen (secondary N) is 2. The second-order valence-electron chi connectivity index (χ2n) is 6.17. The fraction of sp³-hybridized carbons (Fsp3) is 0.500. The molecule has 0 unspecified atom stereocenters. The summed E-state index contributed by atoms with van der Waals surface area (Å²) in [5.41, 5.74) is 4.51. The predicted octanol–water partition coefficient (Wildman–Crippen LogP) is 1.15. The number of hydrogen-bond acceptors (Lipinski definition) is 4. The Kier molecular flexibility index (Phi) is 3.88. The van der Waals surface area contributed by atoms with Crippen molar-refractivity contribution in [3.8, 4) is 0 Å². The maximum absolute atomic E-state index is 12.1. The highest BCUT2D eigenvalue weighted by Crippen LogP contribution is 2.22. The molecule has 3 heterocycles. The number of carbonyl (C=O) groups is 1. The normalized spacial score (nSPS) is 24.5. The van der Waals surface area contributed by atoms with Crippen molar-refractivity contribution < 1.29 is 9.53 Å². The lowest BCUT2D eigenvalue weighted by Gasteiger charge is -2.35. The van der Waals surface area contributed by atoms with E-state index in [1.54, 1.807) is 11.0 Å². The molecule has 2 fully saturated rings. The van der Waals surface area contributed by atoms with Gasteiger partial charge in [-0.25, -0.2) is 19.9 Å². The number of nitrogens with zero attached hydrogens (tertiary/aromatic N) is 3. The van der Waals surface area contributed by atoms with Gasteiger partial charge in [-0.05, 0) is 31.5 Å². The number of fused-ring (bicyclic) bond motifs is 2. The number of benzene rings is 1. The minimum atomic E-state index is -0.250. The number of aromatic nitrogens is 2. The van der Waals surface area contributed by atoms with Crippen LogP contribution in [0.1, 0.15) is 12.8 Å². The number of amides is 2. The van der Waals surface area contributed by atoms with Crippen LogP contribution >= 0.6 is 0 Å².